The summed E-state index contributed by atoms with van der Waals surface area (Å²) < 4.78 is 5.39. The van der Waals surface area contributed by atoms with Crippen LogP contribution in [0.5, 0.6) is 0 Å². The van der Waals surface area contributed by atoms with Gasteiger partial charge in [-0.3, -0.25) is 9.59 Å². The molecule has 0 aliphatic carbocycles. The molecule has 0 radical (unpaired) electrons. The molecule has 1 aliphatic rings. The normalized spacial score (nSPS) is 25.4. The first-order chi connectivity index (χ1) is 7.25. The van der Waals surface area contributed by atoms with E-state index in [1.165, 1.54) is 0 Å². The van der Waals surface area contributed by atoms with Gasteiger partial charge in [-0.05, 0) is 33.6 Å². The Balaban J connectivity index is 2.59. The topological polar surface area (TPSA) is 75.6 Å². The molecule has 2 N–H and O–H groups in total. The lowest BCUT2D eigenvalue weighted by Gasteiger charge is -2.30. The van der Waals surface area contributed by atoms with Gasteiger partial charge in [-0.15, -0.1) is 0 Å². The van der Waals surface area contributed by atoms with Gasteiger partial charge in [-0.25, -0.2) is 0 Å². The average Bonchev–Trinajstić information content (AvgIpc) is 2.49. The van der Waals surface area contributed by atoms with Crippen LogP contribution in [0, 0.1) is 0 Å². The lowest BCUT2D eigenvalue weighted by Crippen LogP contribution is -2.53. The van der Waals surface area contributed by atoms with E-state index in [1.54, 1.807) is 20.8 Å². The molecule has 5 heteroatoms. The lowest BCUT2D eigenvalue weighted by atomic mass is 9.96. The highest BCUT2D eigenvalue weighted by Crippen LogP contribution is 2.26. The van der Waals surface area contributed by atoms with Crippen LogP contribution in [-0.4, -0.2) is 34.7 Å². The zero-order chi connectivity index (χ0) is 12.4. The first-order valence-corrected chi connectivity index (χ1v) is 5.44. The molecule has 1 heterocycles. The molecular formula is C11H19NO4. The summed E-state index contributed by atoms with van der Waals surface area (Å²) in [7, 11) is 0. The molecule has 0 bridgehead atoms. The molecule has 1 rings (SSSR count). The largest absolute Gasteiger partial charge is 0.481 e. The van der Waals surface area contributed by atoms with Crippen molar-refractivity contribution >= 4 is 11.9 Å². The van der Waals surface area contributed by atoms with Gasteiger partial charge < -0.3 is 15.2 Å². The predicted molar refractivity (Wildman–Crippen MR) is 58.1 cm³/mol. The molecule has 1 aliphatic heterocycles. The molecule has 0 spiro atoms. The van der Waals surface area contributed by atoms with Crippen LogP contribution < -0.4 is 5.32 Å². The number of rotatable bonds is 4. The molecule has 16 heavy (non-hydrogen) atoms. The summed E-state index contributed by atoms with van der Waals surface area (Å²) in [6.07, 6.45) is 1.44. The van der Waals surface area contributed by atoms with Crippen molar-refractivity contribution in [2.24, 2.45) is 0 Å². The molecule has 0 aromatic carbocycles. The fourth-order valence-electron chi connectivity index (χ4n) is 1.82. The quantitative estimate of drug-likeness (QED) is 0.751. The molecular weight excluding hydrogens is 210 g/mol. The van der Waals surface area contributed by atoms with Crippen molar-refractivity contribution in [1.82, 2.24) is 5.32 Å². The van der Waals surface area contributed by atoms with E-state index in [2.05, 4.69) is 5.32 Å². The van der Waals surface area contributed by atoms with Crippen LogP contribution in [0.25, 0.3) is 0 Å². The summed E-state index contributed by atoms with van der Waals surface area (Å²) in [6.45, 7) is 5.71. The minimum absolute atomic E-state index is 0.102. The summed E-state index contributed by atoms with van der Waals surface area (Å²) in [5, 5.41) is 11.4. The van der Waals surface area contributed by atoms with Gasteiger partial charge in [-0.2, -0.15) is 0 Å². The predicted octanol–water partition coefficient (Wildman–Crippen LogP) is 0.925. The number of hydrogen-bond donors (Lipinski definition) is 2. The standard InChI is InChI=1S/C11H19NO4/c1-10(2,7-8(13)14)12-9(15)11(3)5-4-6-16-11/h4-7H2,1-3H3,(H,12,15)(H,13,14). The second-order valence-electron chi connectivity index (χ2n) is 5.09. The average molecular weight is 229 g/mol. The van der Waals surface area contributed by atoms with Crippen LogP contribution in [0.2, 0.25) is 0 Å². The minimum Gasteiger partial charge on any atom is -0.481 e. The Morgan fingerprint density at radius 1 is 1.50 bits per heavy atom. The van der Waals surface area contributed by atoms with E-state index in [0.29, 0.717) is 13.0 Å². The number of ether oxygens (including phenoxy) is 1. The molecule has 0 saturated carbocycles. The number of carboxylic acids is 1. The Morgan fingerprint density at radius 2 is 2.12 bits per heavy atom. The molecule has 1 amide bonds. The number of aliphatic carboxylic acids is 1. The Morgan fingerprint density at radius 3 is 2.56 bits per heavy atom. The van der Waals surface area contributed by atoms with Crippen molar-refractivity contribution < 1.29 is 19.4 Å². The fourth-order valence-corrected chi connectivity index (χ4v) is 1.82. The Labute approximate surface area is 95.2 Å². The van der Waals surface area contributed by atoms with E-state index in [4.69, 9.17) is 9.84 Å². The monoisotopic (exact) mass is 229 g/mol. The van der Waals surface area contributed by atoms with E-state index in [0.717, 1.165) is 6.42 Å². The lowest BCUT2D eigenvalue weighted by molar-refractivity contribution is -0.143. The number of hydrogen-bond acceptors (Lipinski definition) is 3. The van der Waals surface area contributed by atoms with Gasteiger partial charge in [0.05, 0.1) is 6.42 Å². The molecule has 1 fully saturated rings. The van der Waals surface area contributed by atoms with E-state index in [-0.39, 0.29) is 12.3 Å². The van der Waals surface area contributed by atoms with Crippen LogP contribution in [0.4, 0.5) is 0 Å². The van der Waals surface area contributed by atoms with Crippen molar-refractivity contribution in [3.05, 3.63) is 0 Å². The maximum Gasteiger partial charge on any atom is 0.305 e. The third-order valence-corrected chi connectivity index (χ3v) is 2.74. The summed E-state index contributed by atoms with van der Waals surface area (Å²) in [6, 6.07) is 0. The van der Waals surface area contributed by atoms with E-state index < -0.39 is 17.1 Å². The second kappa shape index (κ2) is 4.41. The summed E-state index contributed by atoms with van der Waals surface area (Å²) in [4.78, 5) is 22.6. The number of carbonyl (C=O) groups excluding carboxylic acids is 1. The van der Waals surface area contributed by atoms with E-state index >= 15 is 0 Å². The van der Waals surface area contributed by atoms with Crippen molar-refractivity contribution in [3.8, 4) is 0 Å². The highest BCUT2D eigenvalue weighted by molar-refractivity contribution is 5.86. The molecule has 1 atom stereocenters. The van der Waals surface area contributed by atoms with Crippen LogP contribution in [0.3, 0.4) is 0 Å². The Bertz CT molecular complexity index is 292. The van der Waals surface area contributed by atoms with Gasteiger partial charge in [0.1, 0.15) is 5.60 Å². The summed E-state index contributed by atoms with van der Waals surface area (Å²) >= 11 is 0. The fraction of sp³-hybridized carbons (Fsp3) is 0.818. The van der Waals surface area contributed by atoms with Gasteiger partial charge >= 0.3 is 5.97 Å². The first kappa shape index (κ1) is 13.0. The summed E-state index contributed by atoms with van der Waals surface area (Å²) in [5.74, 6) is -1.15. The molecule has 0 aromatic heterocycles. The van der Waals surface area contributed by atoms with Gasteiger partial charge in [0.2, 0.25) is 0 Å². The van der Waals surface area contributed by atoms with E-state index in [9.17, 15) is 9.59 Å². The zero-order valence-electron chi connectivity index (χ0n) is 10.0. The molecule has 0 aromatic rings. The number of nitrogens with one attached hydrogen (secondary N) is 1. The zero-order valence-corrected chi connectivity index (χ0v) is 10.0. The van der Waals surface area contributed by atoms with Gasteiger partial charge in [0.25, 0.3) is 5.91 Å². The SMILES string of the molecule is CC(C)(CC(=O)O)NC(=O)C1(C)CCCO1. The third kappa shape index (κ3) is 3.20. The molecule has 5 nitrogen and oxygen atoms in total. The van der Waals surface area contributed by atoms with Crippen molar-refractivity contribution in [2.75, 3.05) is 6.61 Å². The molecule has 92 valence electrons. The number of carbonyl (C=O) groups is 2. The highest BCUT2D eigenvalue weighted by Gasteiger charge is 2.40. The van der Waals surface area contributed by atoms with Gasteiger partial charge in [-0.1, -0.05) is 0 Å². The maximum absolute atomic E-state index is 11.9. The molecule has 1 saturated heterocycles. The highest BCUT2D eigenvalue weighted by atomic mass is 16.5. The van der Waals surface area contributed by atoms with E-state index in [1.807, 2.05) is 0 Å². The summed E-state index contributed by atoms with van der Waals surface area (Å²) in [5.41, 5.74) is -1.55. The second-order valence-corrected chi connectivity index (χ2v) is 5.09. The number of carboxylic acid groups (broad SMARTS) is 1. The smallest absolute Gasteiger partial charge is 0.305 e. The first-order valence-electron chi connectivity index (χ1n) is 5.44. The van der Waals surface area contributed by atoms with Crippen molar-refractivity contribution in [2.45, 2.75) is 51.2 Å². The molecule has 1 unspecified atom stereocenters. The van der Waals surface area contributed by atoms with Crippen molar-refractivity contribution in [1.29, 1.82) is 0 Å². The van der Waals surface area contributed by atoms with Gasteiger partial charge in [0.15, 0.2) is 0 Å². The minimum atomic E-state index is -0.928. The van der Waals surface area contributed by atoms with Crippen LogP contribution >= 0.6 is 0 Å². The Kier molecular flexibility index (Phi) is 3.57. The Hall–Kier alpha value is -1.10. The third-order valence-electron chi connectivity index (χ3n) is 2.74. The van der Waals surface area contributed by atoms with Gasteiger partial charge in [0, 0.05) is 12.1 Å². The van der Waals surface area contributed by atoms with Crippen LogP contribution in [0.15, 0.2) is 0 Å². The van der Waals surface area contributed by atoms with Crippen LogP contribution in [0.1, 0.15) is 40.0 Å². The van der Waals surface area contributed by atoms with Crippen LogP contribution in [-0.2, 0) is 14.3 Å². The van der Waals surface area contributed by atoms with Crippen molar-refractivity contribution in [3.63, 3.8) is 0 Å². The number of amides is 1. The maximum atomic E-state index is 11.9.